The van der Waals surface area contributed by atoms with Gasteiger partial charge in [-0.25, -0.2) is 13.1 Å². The predicted molar refractivity (Wildman–Crippen MR) is 121 cm³/mol. The second-order valence-corrected chi connectivity index (χ2v) is 8.98. The average Bonchev–Trinajstić information content (AvgIpc) is 2.78. The molecule has 3 aromatic rings. The zero-order valence-corrected chi connectivity index (χ0v) is 18.5. The third-order valence-corrected chi connectivity index (χ3v) is 6.36. The quantitative estimate of drug-likeness (QED) is 0.510. The normalized spacial score (nSPS) is 11.2. The minimum Gasteiger partial charge on any atom is -0.495 e. The topological polar surface area (TPSA) is 84.5 Å². The molecule has 2 N–H and O–H groups in total. The maximum atomic E-state index is 12.9. The average molecular weight is 459 g/mol. The maximum Gasteiger partial charge on any atom is 0.251 e. The molecule has 0 saturated carbocycles. The summed E-state index contributed by atoms with van der Waals surface area (Å²) >= 11 is 5.87. The molecule has 3 aromatic carbocycles. The number of ether oxygens (including phenoxy) is 1. The Hall–Kier alpha value is -2.87. The van der Waals surface area contributed by atoms with E-state index in [0.29, 0.717) is 18.0 Å². The van der Waals surface area contributed by atoms with Crippen LogP contribution in [0, 0.1) is 0 Å². The van der Waals surface area contributed by atoms with Crippen molar-refractivity contribution in [3.05, 3.63) is 94.5 Å². The fourth-order valence-corrected chi connectivity index (χ4v) is 4.32. The Morgan fingerprint density at radius 3 is 2.35 bits per heavy atom. The van der Waals surface area contributed by atoms with E-state index in [1.807, 2.05) is 42.5 Å². The molecule has 0 bridgehead atoms. The summed E-state index contributed by atoms with van der Waals surface area (Å²) < 4.78 is 33.5. The van der Waals surface area contributed by atoms with Gasteiger partial charge in [-0.1, -0.05) is 54.1 Å². The Kier molecular flexibility index (Phi) is 7.68. The van der Waals surface area contributed by atoms with Crippen LogP contribution >= 0.6 is 11.6 Å². The zero-order valence-electron chi connectivity index (χ0n) is 17.0. The minimum absolute atomic E-state index is 0.0813. The van der Waals surface area contributed by atoms with E-state index in [0.717, 1.165) is 11.1 Å². The van der Waals surface area contributed by atoms with Crippen molar-refractivity contribution in [2.24, 2.45) is 0 Å². The first-order valence-electron chi connectivity index (χ1n) is 9.63. The zero-order chi connectivity index (χ0) is 22.3. The van der Waals surface area contributed by atoms with Crippen molar-refractivity contribution in [3.63, 3.8) is 0 Å². The molecule has 3 rings (SSSR count). The number of carbonyl (C=O) groups excluding carboxylic acids is 1. The Morgan fingerprint density at radius 2 is 1.68 bits per heavy atom. The molecule has 31 heavy (non-hydrogen) atoms. The van der Waals surface area contributed by atoms with Crippen LogP contribution < -0.4 is 14.8 Å². The van der Waals surface area contributed by atoms with Gasteiger partial charge in [0, 0.05) is 23.7 Å². The van der Waals surface area contributed by atoms with E-state index >= 15 is 0 Å². The van der Waals surface area contributed by atoms with Crippen molar-refractivity contribution in [1.29, 1.82) is 0 Å². The first-order valence-corrected chi connectivity index (χ1v) is 11.5. The third-order valence-electron chi connectivity index (χ3n) is 4.63. The predicted octanol–water partition coefficient (Wildman–Crippen LogP) is 3.80. The summed E-state index contributed by atoms with van der Waals surface area (Å²) in [6.07, 6.45) is 0.545. The van der Waals surface area contributed by atoms with Crippen LogP contribution in [0.1, 0.15) is 21.5 Å². The first-order chi connectivity index (χ1) is 14.9. The number of benzene rings is 3. The van der Waals surface area contributed by atoms with E-state index in [1.165, 1.54) is 25.3 Å². The van der Waals surface area contributed by atoms with Crippen molar-refractivity contribution < 1.29 is 17.9 Å². The fraction of sp³-hybridized carbons (Fsp3) is 0.174. The molecule has 0 aliphatic carbocycles. The molecule has 0 spiro atoms. The highest BCUT2D eigenvalue weighted by Crippen LogP contribution is 2.25. The molecule has 0 unspecified atom stereocenters. The summed E-state index contributed by atoms with van der Waals surface area (Å²) in [5.41, 5.74) is 2.12. The van der Waals surface area contributed by atoms with E-state index in [2.05, 4.69) is 10.0 Å². The summed E-state index contributed by atoms with van der Waals surface area (Å²) in [6, 6.07) is 21.0. The molecule has 162 valence electrons. The van der Waals surface area contributed by atoms with Crippen LogP contribution in [0.3, 0.4) is 0 Å². The number of hydrogen-bond acceptors (Lipinski definition) is 4. The van der Waals surface area contributed by atoms with Gasteiger partial charge < -0.3 is 10.1 Å². The number of sulfonamides is 1. The Morgan fingerprint density at radius 1 is 0.968 bits per heavy atom. The molecule has 0 radical (unpaired) electrons. The van der Waals surface area contributed by atoms with Crippen LogP contribution in [0.25, 0.3) is 0 Å². The molecule has 0 atom stereocenters. The summed E-state index contributed by atoms with van der Waals surface area (Å²) in [5, 5.41) is 3.39. The van der Waals surface area contributed by atoms with Crippen molar-refractivity contribution in [2.75, 3.05) is 13.7 Å². The number of nitrogens with one attached hydrogen (secondary N) is 2. The van der Waals surface area contributed by atoms with Gasteiger partial charge in [0.25, 0.3) is 5.91 Å². The lowest BCUT2D eigenvalue weighted by Crippen LogP contribution is -2.27. The molecule has 0 aliphatic heterocycles. The lowest BCUT2D eigenvalue weighted by Gasteiger charge is -2.13. The molecular weight excluding hydrogens is 436 g/mol. The molecule has 6 nitrogen and oxygen atoms in total. The summed E-state index contributed by atoms with van der Waals surface area (Å²) in [5.74, 6) is -0.222. The molecule has 1 amide bonds. The van der Waals surface area contributed by atoms with Gasteiger partial charge >= 0.3 is 0 Å². The van der Waals surface area contributed by atoms with Crippen molar-refractivity contribution in [2.45, 2.75) is 17.9 Å². The fourth-order valence-electron chi connectivity index (χ4n) is 2.97. The molecule has 0 aromatic heterocycles. The largest absolute Gasteiger partial charge is 0.495 e. The summed E-state index contributed by atoms with van der Waals surface area (Å²) in [6.45, 7) is 0.516. The smallest absolute Gasteiger partial charge is 0.251 e. The van der Waals surface area contributed by atoms with E-state index < -0.39 is 15.9 Å². The van der Waals surface area contributed by atoms with Crippen LogP contribution in [0.5, 0.6) is 5.75 Å². The molecule has 8 heteroatoms. The lowest BCUT2D eigenvalue weighted by molar-refractivity contribution is 0.0950. The van der Waals surface area contributed by atoms with Gasteiger partial charge in [-0.3, -0.25) is 4.79 Å². The second kappa shape index (κ2) is 10.4. The highest BCUT2D eigenvalue weighted by molar-refractivity contribution is 7.89. The van der Waals surface area contributed by atoms with Gasteiger partial charge in [0.2, 0.25) is 10.0 Å². The Bertz CT molecular complexity index is 1130. The Labute approximate surface area is 187 Å². The van der Waals surface area contributed by atoms with Gasteiger partial charge in [0.05, 0.1) is 7.11 Å². The number of halogens is 1. The molecule has 0 aliphatic rings. The second-order valence-electron chi connectivity index (χ2n) is 6.81. The maximum absolute atomic E-state index is 12.9. The highest BCUT2D eigenvalue weighted by atomic mass is 35.5. The number of hydrogen-bond donors (Lipinski definition) is 2. The Balaban J connectivity index is 1.71. The van der Waals surface area contributed by atoms with Crippen LogP contribution in [0.4, 0.5) is 0 Å². The van der Waals surface area contributed by atoms with E-state index in [1.54, 1.807) is 12.1 Å². The van der Waals surface area contributed by atoms with E-state index in [-0.39, 0.29) is 22.8 Å². The SMILES string of the molecule is COc1ccc(C(=O)NCc2ccc(Cl)cc2)cc1S(=O)(=O)NCCc1ccccc1. The van der Waals surface area contributed by atoms with Gasteiger partial charge in [-0.05, 0) is 47.9 Å². The molecule has 0 saturated heterocycles. The van der Waals surface area contributed by atoms with Crippen LogP contribution in [0.2, 0.25) is 5.02 Å². The first kappa shape index (κ1) is 22.8. The highest BCUT2D eigenvalue weighted by Gasteiger charge is 2.21. The number of methoxy groups -OCH3 is 1. The van der Waals surface area contributed by atoms with Crippen molar-refractivity contribution >= 4 is 27.5 Å². The van der Waals surface area contributed by atoms with Crippen LogP contribution in [-0.4, -0.2) is 28.0 Å². The van der Waals surface area contributed by atoms with E-state index in [4.69, 9.17) is 16.3 Å². The van der Waals surface area contributed by atoms with Crippen LogP contribution in [0.15, 0.2) is 77.7 Å². The van der Waals surface area contributed by atoms with Gasteiger partial charge in [-0.2, -0.15) is 0 Å². The van der Waals surface area contributed by atoms with Gasteiger partial charge in [-0.15, -0.1) is 0 Å². The molecular formula is C23H23ClN2O4S. The van der Waals surface area contributed by atoms with Crippen molar-refractivity contribution in [3.8, 4) is 5.75 Å². The number of amides is 1. The monoisotopic (exact) mass is 458 g/mol. The standard InChI is InChI=1S/C23H23ClN2O4S/c1-30-21-12-9-19(23(27)25-16-18-7-10-20(24)11-8-18)15-22(21)31(28,29)26-14-13-17-5-3-2-4-6-17/h2-12,15,26H,13-14,16H2,1H3,(H,25,27). The van der Waals surface area contributed by atoms with Gasteiger partial charge in [0.15, 0.2) is 0 Å². The van der Waals surface area contributed by atoms with Crippen molar-refractivity contribution in [1.82, 2.24) is 10.0 Å². The van der Waals surface area contributed by atoms with Gasteiger partial charge in [0.1, 0.15) is 10.6 Å². The lowest BCUT2D eigenvalue weighted by atomic mass is 10.2. The minimum atomic E-state index is -3.87. The third kappa shape index (κ3) is 6.30. The summed E-state index contributed by atoms with van der Waals surface area (Å²) in [4.78, 5) is 12.5. The molecule has 0 heterocycles. The molecule has 0 fully saturated rings. The van der Waals surface area contributed by atoms with Crippen LogP contribution in [-0.2, 0) is 23.0 Å². The van der Waals surface area contributed by atoms with E-state index in [9.17, 15) is 13.2 Å². The summed E-state index contributed by atoms with van der Waals surface area (Å²) in [7, 11) is -2.48. The number of carbonyl (C=O) groups is 1. The number of rotatable bonds is 9.